The first-order valence-corrected chi connectivity index (χ1v) is 8.73. The van der Waals surface area contributed by atoms with Gasteiger partial charge in [0.25, 0.3) is 5.91 Å². The summed E-state index contributed by atoms with van der Waals surface area (Å²) in [5, 5.41) is 13.3. The third-order valence-corrected chi connectivity index (χ3v) is 4.46. The van der Waals surface area contributed by atoms with Crippen LogP contribution in [-0.2, 0) is 4.79 Å². The first-order valence-electron chi connectivity index (χ1n) is 8.73. The van der Waals surface area contributed by atoms with Crippen molar-refractivity contribution < 1.29 is 9.18 Å². The number of nitrogens with zero attached hydrogens (tertiary/aromatic N) is 3. The molecule has 0 saturated carbocycles. The van der Waals surface area contributed by atoms with Gasteiger partial charge in [-0.05, 0) is 49.7 Å². The highest BCUT2D eigenvalue weighted by Gasteiger charge is 2.19. The standard InChI is InChI=1S/C22H19FN4O/c1-15-12-18(16(2)27(15)20-10-8-19(23)9-11-20)14-25-26-22(28)21(13-24)17-6-4-3-5-7-17/h3-12,14,21H,1-2H3,(H,26,28)/b25-14-/t21-/m1/s1. The summed E-state index contributed by atoms with van der Waals surface area (Å²) in [6.07, 6.45) is 1.54. The summed E-state index contributed by atoms with van der Waals surface area (Å²) in [6.45, 7) is 3.86. The van der Waals surface area contributed by atoms with Crippen LogP contribution in [0.3, 0.4) is 0 Å². The molecule has 0 spiro atoms. The van der Waals surface area contributed by atoms with E-state index in [1.54, 1.807) is 42.6 Å². The molecule has 2 aromatic carbocycles. The summed E-state index contributed by atoms with van der Waals surface area (Å²) < 4.78 is 15.2. The van der Waals surface area contributed by atoms with E-state index in [0.29, 0.717) is 5.56 Å². The topological polar surface area (TPSA) is 70.2 Å². The molecule has 0 aliphatic heterocycles. The lowest BCUT2D eigenvalue weighted by Gasteiger charge is -2.09. The molecular weight excluding hydrogens is 355 g/mol. The van der Waals surface area contributed by atoms with E-state index in [2.05, 4.69) is 10.5 Å². The van der Waals surface area contributed by atoms with Gasteiger partial charge in [0.2, 0.25) is 0 Å². The summed E-state index contributed by atoms with van der Waals surface area (Å²) >= 11 is 0. The maximum absolute atomic E-state index is 13.2. The summed E-state index contributed by atoms with van der Waals surface area (Å²) in [7, 11) is 0. The van der Waals surface area contributed by atoms with E-state index in [-0.39, 0.29) is 5.82 Å². The van der Waals surface area contributed by atoms with Crippen LogP contribution in [0.1, 0.15) is 28.4 Å². The fourth-order valence-electron chi connectivity index (χ4n) is 3.07. The molecular formula is C22H19FN4O. The van der Waals surface area contributed by atoms with Gasteiger partial charge in [0, 0.05) is 22.6 Å². The number of halogens is 1. The van der Waals surface area contributed by atoms with Gasteiger partial charge in [-0.25, -0.2) is 9.82 Å². The van der Waals surface area contributed by atoms with E-state index < -0.39 is 11.8 Å². The maximum Gasteiger partial charge on any atom is 0.261 e. The zero-order valence-electron chi connectivity index (χ0n) is 15.6. The zero-order chi connectivity index (χ0) is 20.1. The fraction of sp³-hybridized carbons (Fsp3) is 0.136. The molecule has 3 aromatic rings. The Morgan fingerprint density at radius 2 is 1.86 bits per heavy atom. The molecule has 0 unspecified atom stereocenters. The van der Waals surface area contributed by atoms with Crippen LogP contribution < -0.4 is 5.43 Å². The number of carbonyl (C=O) groups excluding carboxylic acids is 1. The molecule has 0 aliphatic rings. The number of rotatable bonds is 5. The molecule has 1 N–H and O–H groups in total. The predicted octanol–water partition coefficient (Wildman–Crippen LogP) is 3.99. The van der Waals surface area contributed by atoms with Gasteiger partial charge >= 0.3 is 0 Å². The second-order valence-corrected chi connectivity index (χ2v) is 6.35. The minimum atomic E-state index is -0.926. The van der Waals surface area contributed by atoms with Gasteiger partial charge in [0.05, 0.1) is 12.3 Å². The van der Waals surface area contributed by atoms with E-state index in [4.69, 9.17) is 0 Å². The van der Waals surface area contributed by atoms with Crippen molar-refractivity contribution in [3.05, 3.63) is 89.0 Å². The third-order valence-electron chi connectivity index (χ3n) is 4.46. The van der Waals surface area contributed by atoms with Crippen LogP contribution in [0.4, 0.5) is 4.39 Å². The highest BCUT2D eigenvalue weighted by molar-refractivity contribution is 5.88. The summed E-state index contributed by atoms with van der Waals surface area (Å²) in [5.41, 5.74) is 6.57. The Bertz CT molecular complexity index is 1050. The number of nitriles is 1. The Labute approximate surface area is 162 Å². The van der Waals surface area contributed by atoms with E-state index in [0.717, 1.165) is 22.6 Å². The van der Waals surface area contributed by atoms with E-state index in [1.807, 2.05) is 36.6 Å². The SMILES string of the molecule is Cc1cc(/C=N\NC(=O)[C@H](C#N)c2ccccc2)c(C)n1-c1ccc(F)cc1. The summed E-state index contributed by atoms with van der Waals surface area (Å²) in [4.78, 5) is 12.3. The van der Waals surface area contributed by atoms with Gasteiger partial charge in [-0.1, -0.05) is 30.3 Å². The lowest BCUT2D eigenvalue weighted by Crippen LogP contribution is -2.24. The molecule has 6 heteroatoms. The molecule has 0 fully saturated rings. The molecule has 1 heterocycles. The van der Waals surface area contributed by atoms with Crippen molar-refractivity contribution >= 4 is 12.1 Å². The second-order valence-electron chi connectivity index (χ2n) is 6.35. The first-order chi connectivity index (χ1) is 13.5. The van der Waals surface area contributed by atoms with E-state index in [1.165, 1.54) is 12.1 Å². The van der Waals surface area contributed by atoms with Crippen molar-refractivity contribution in [2.75, 3.05) is 0 Å². The van der Waals surface area contributed by atoms with E-state index >= 15 is 0 Å². The average Bonchev–Trinajstić information content (AvgIpc) is 2.97. The van der Waals surface area contributed by atoms with Gasteiger partial charge in [0.15, 0.2) is 5.92 Å². The lowest BCUT2D eigenvalue weighted by atomic mass is 10.0. The van der Waals surface area contributed by atoms with Crippen molar-refractivity contribution in [2.45, 2.75) is 19.8 Å². The summed E-state index contributed by atoms with van der Waals surface area (Å²) in [5.74, 6) is -1.71. The van der Waals surface area contributed by atoms with Gasteiger partial charge in [-0.3, -0.25) is 4.79 Å². The fourth-order valence-corrected chi connectivity index (χ4v) is 3.07. The monoisotopic (exact) mass is 374 g/mol. The van der Waals surface area contributed by atoms with Crippen molar-refractivity contribution in [2.24, 2.45) is 5.10 Å². The van der Waals surface area contributed by atoms with Crippen LogP contribution >= 0.6 is 0 Å². The van der Waals surface area contributed by atoms with Gasteiger partial charge in [0.1, 0.15) is 5.82 Å². The van der Waals surface area contributed by atoms with Gasteiger partial charge in [-0.15, -0.1) is 0 Å². The maximum atomic E-state index is 13.2. The number of hydrogen-bond acceptors (Lipinski definition) is 3. The Balaban J connectivity index is 1.76. The molecule has 0 saturated heterocycles. The minimum absolute atomic E-state index is 0.291. The predicted molar refractivity (Wildman–Crippen MR) is 106 cm³/mol. The third kappa shape index (κ3) is 3.99. The summed E-state index contributed by atoms with van der Waals surface area (Å²) in [6, 6.07) is 19.0. The molecule has 0 radical (unpaired) electrons. The van der Waals surface area contributed by atoms with Crippen LogP contribution in [0.15, 0.2) is 65.8 Å². The largest absolute Gasteiger partial charge is 0.318 e. The quantitative estimate of drug-likeness (QED) is 0.542. The molecule has 1 atom stereocenters. The molecule has 0 aliphatic carbocycles. The number of benzene rings is 2. The van der Waals surface area contributed by atoms with Crippen molar-refractivity contribution in [1.82, 2.24) is 9.99 Å². The number of nitrogens with one attached hydrogen (secondary N) is 1. The minimum Gasteiger partial charge on any atom is -0.318 e. The van der Waals surface area contributed by atoms with Crippen LogP contribution in [-0.4, -0.2) is 16.7 Å². The lowest BCUT2D eigenvalue weighted by molar-refractivity contribution is -0.121. The highest BCUT2D eigenvalue weighted by atomic mass is 19.1. The van der Waals surface area contributed by atoms with Crippen LogP contribution in [0, 0.1) is 31.0 Å². The average molecular weight is 374 g/mol. The number of carbonyl (C=O) groups is 1. The molecule has 0 bridgehead atoms. The number of aryl methyl sites for hydroxylation is 1. The number of aromatic nitrogens is 1. The van der Waals surface area contributed by atoms with Crippen molar-refractivity contribution in [3.8, 4) is 11.8 Å². The van der Waals surface area contributed by atoms with Crippen LogP contribution in [0.5, 0.6) is 0 Å². The van der Waals surface area contributed by atoms with Crippen molar-refractivity contribution in [1.29, 1.82) is 5.26 Å². The smallest absolute Gasteiger partial charge is 0.261 e. The Hall–Kier alpha value is -3.72. The molecule has 1 aromatic heterocycles. The van der Waals surface area contributed by atoms with E-state index in [9.17, 15) is 14.4 Å². The molecule has 3 rings (SSSR count). The molecule has 140 valence electrons. The second kappa shape index (κ2) is 8.31. The van der Waals surface area contributed by atoms with Crippen LogP contribution in [0.25, 0.3) is 5.69 Å². The van der Waals surface area contributed by atoms with Gasteiger partial charge in [-0.2, -0.15) is 10.4 Å². The van der Waals surface area contributed by atoms with Gasteiger partial charge < -0.3 is 4.57 Å². The first kappa shape index (κ1) is 19.1. The molecule has 1 amide bonds. The molecule has 28 heavy (non-hydrogen) atoms. The number of hydrazone groups is 1. The Kier molecular flexibility index (Phi) is 5.66. The normalized spacial score (nSPS) is 11.9. The van der Waals surface area contributed by atoms with Crippen molar-refractivity contribution in [3.63, 3.8) is 0 Å². The highest BCUT2D eigenvalue weighted by Crippen LogP contribution is 2.20. The number of hydrogen-bond donors (Lipinski definition) is 1. The Morgan fingerprint density at radius 1 is 1.18 bits per heavy atom. The number of amides is 1. The molecule has 5 nitrogen and oxygen atoms in total. The Morgan fingerprint density at radius 3 is 2.50 bits per heavy atom. The zero-order valence-corrected chi connectivity index (χ0v) is 15.6. The van der Waals surface area contributed by atoms with Crippen LogP contribution in [0.2, 0.25) is 0 Å².